The molecule has 1 atom stereocenters. The van der Waals surface area contributed by atoms with Crippen molar-refractivity contribution in [2.45, 2.75) is 64.3 Å². The number of hydrogen-bond donors (Lipinski definition) is 1. The van der Waals surface area contributed by atoms with Gasteiger partial charge in [-0.15, -0.1) is 0 Å². The van der Waals surface area contributed by atoms with Crippen LogP contribution in [-0.4, -0.2) is 20.0 Å². The van der Waals surface area contributed by atoms with Crippen molar-refractivity contribution in [2.75, 3.05) is 6.61 Å². The van der Waals surface area contributed by atoms with Gasteiger partial charge in [0.25, 0.3) is 0 Å². The van der Waals surface area contributed by atoms with Crippen LogP contribution in [0.2, 0.25) is 18.1 Å². The monoisotopic (exact) mass is 444 g/mol. The second-order valence-electron chi connectivity index (χ2n) is 9.42. The van der Waals surface area contributed by atoms with E-state index in [4.69, 9.17) is 4.43 Å². The lowest BCUT2D eigenvalue weighted by Crippen LogP contribution is -2.40. The molecule has 2 nitrogen and oxygen atoms in total. The molecule has 2 aromatic rings. The molecule has 3 heteroatoms. The minimum Gasteiger partial charge on any atom is -0.417 e. The summed E-state index contributed by atoms with van der Waals surface area (Å²) in [7, 11) is -1.68. The molecule has 0 bridgehead atoms. The Kier molecular flexibility index (Phi) is 10.0. The highest BCUT2D eigenvalue weighted by atomic mass is 28.4. The van der Waals surface area contributed by atoms with Crippen LogP contribution in [0.4, 0.5) is 0 Å². The Balaban J connectivity index is 2.00. The molecule has 0 amide bonds. The lowest BCUT2D eigenvalue weighted by molar-refractivity contribution is 0.221. The summed E-state index contributed by atoms with van der Waals surface area (Å²) in [5.74, 6) is 12.5. The number of rotatable bonds is 7. The van der Waals surface area contributed by atoms with E-state index < -0.39 is 14.4 Å². The van der Waals surface area contributed by atoms with Gasteiger partial charge in [0, 0.05) is 30.2 Å². The summed E-state index contributed by atoms with van der Waals surface area (Å²) in [5.41, 5.74) is 2.38. The largest absolute Gasteiger partial charge is 0.417 e. The highest BCUT2D eigenvalue weighted by molar-refractivity contribution is 6.74. The van der Waals surface area contributed by atoms with Gasteiger partial charge in [0.15, 0.2) is 8.32 Å². The first-order chi connectivity index (χ1) is 15.2. The van der Waals surface area contributed by atoms with Crippen LogP contribution in [0.5, 0.6) is 0 Å². The van der Waals surface area contributed by atoms with Crippen molar-refractivity contribution in [3.63, 3.8) is 0 Å². The van der Waals surface area contributed by atoms with E-state index in [9.17, 15) is 5.11 Å². The molecule has 2 rings (SSSR count). The van der Waals surface area contributed by atoms with Gasteiger partial charge in [-0.25, -0.2) is 0 Å². The highest BCUT2D eigenvalue weighted by Crippen LogP contribution is 2.36. The van der Waals surface area contributed by atoms with Crippen molar-refractivity contribution in [3.8, 4) is 23.7 Å². The summed E-state index contributed by atoms with van der Waals surface area (Å²) in [6, 6.07) is 19.4. The molecule has 0 aliphatic carbocycles. The minimum absolute atomic E-state index is 0.237. The molecule has 2 aromatic carbocycles. The van der Waals surface area contributed by atoms with Crippen molar-refractivity contribution in [1.82, 2.24) is 0 Å². The molecule has 0 aliphatic rings. The third kappa shape index (κ3) is 8.52. The van der Waals surface area contributed by atoms with Crippen molar-refractivity contribution >= 4 is 8.32 Å². The Morgan fingerprint density at radius 3 is 2.25 bits per heavy atom. The Morgan fingerprint density at radius 2 is 1.62 bits per heavy atom. The van der Waals surface area contributed by atoms with Gasteiger partial charge in [-0.1, -0.05) is 93.0 Å². The first-order valence-electron chi connectivity index (χ1n) is 11.3. The van der Waals surface area contributed by atoms with Crippen LogP contribution in [0.15, 0.2) is 72.3 Å². The summed E-state index contributed by atoms with van der Waals surface area (Å²) in [6.45, 7) is 12.1. The van der Waals surface area contributed by atoms with Gasteiger partial charge < -0.3 is 9.53 Å². The lowest BCUT2D eigenvalue weighted by atomic mass is 10.0. The zero-order valence-electron chi connectivity index (χ0n) is 20.1. The molecule has 168 valence electrons. The Morgan fingerprint density at radius 1 is 1.00 bits per heavy atom. The van der Waals surface area contributed by atoms with Crippen LogP contribution in [0.1, 0.15) is 57.3 Å². The van der Waals surface area contributed by atoms with Gasteiger partial charge >= 0.3 is 0 Å². The van der Waals surface area contributed by atoms with E-state index in [1.807, 2.05) is 60.7 Å². The normalized spacial score (nSPS) is 12.9. The Hall–Kier alpha value is -2.56. The average Bonchev–Trinajstić information content (AvgIpc) is 2.77. The van der Waals surface area contributed by atoms with E-state index in [2.05, 4.69) is 57.5 Å². The van der Waals surface area contributed by atoms with Crippen molar-refractivity contribution in [2.24, 2.45) is 0 Å². The zero-order chi connectivity index (χ0) is 23.5. The van der Waals surface area contributed by atoms with Gasteiger partial charge in [0.05, 0.1) is 0 Å². The van der Waals surface area contributed by atoms with Crippen LogP contribution in [0, 0.1) is 23.7 Å². The Bertz CT molecular complexity index is 978. The first kappa shape index (κ1) is 25.7. The molecular weight excluding hydrogens is 408 g/mol. The van der Waals surface area contributed by atoms with Crippen LogP contribution in [0.25, 0.3) is 0 Å². The van der Waals surface area contributed by atoms with E-state index >= 15 is 0 Å². The van der Waals surface area contributed by atoms with Crippen molar-refractivity contribution in [1.29, 1.82) is 0 Å². The fourth-order valence-corrected chi connectivity index (χ4v) is 3.83. The second-order valence-corrected chi connectivity index (χ2v) is 14.2. The summed E-state index contributed by atoms with van der Waals surface area (Å²) in [5, 5.41) is 11.1. The number of benzene rings is 2. The molecule has 0 saturated heterocycles. The Labute approximate surface area is 195 Å². The van der Waals surface area contributed by atoms with E-state index in [1.54, 1.807) is 6.08 Å². The number of aliphatic hydroxyl groups is 1. The lowest BCUT2D eigenvalue weighted by Gasteiger charge is -2.36. The number of allylic oxidation sites excluding steroid dienone is 1. The molecule has 0 radical (unpaired) electrons. The number of unbranched alkanes of at least 4 members (excludes halogenated alkanes) is 2. The molecule has 0 aromatic heterocycles. The maximum absolute atomic E-state index is 10.8. The molecular formula is C29H36O2Si. The molecule has 1 unspecified atom stereocenters. The molecule has 1 N–H and O–H groups in total. The van der Waals surface area contributed by atoms with Crippen LogP contribution in [-0.2, 0) is 4.43 Å². The van der Waals surface area contributed by atoms with E-state index in [0.717, 1.165) is 37.0 Å². The topological polar surface area (TPSA) is 29.5 Å². The molecule has 0 heterocycles. The average molecular weight is 445 g/mol. The molecule has 32 heavy (non-hydrogen) atoms. The number of hydrogen-bond acceptors (Lipinski definition) is 2. The fourth-order valence-electron chi connectivity index (χ4n) is 2.74. The van der Waals surface area contributed by atoms with Gasteiger partial charge in [0.2, 0.25) is 0 Å². The predicted molar refractivity (Wildman–Crippen MR) is 138 cm³/mol. The SMILES string of the molecule is CC(C)(C)[Si](C)(C)OCCCCC#C/C(=C\C#Cc1ccccc1)C(O)c1ccccc1. The van der Waals surface area contributed by atoms with E-state index in [1.165, 1.54) is 0 Å². The standard InChI is InChI=1S/C29H36O2Si/c1-29(2,3)32(4,5)31-24-15-7-6-12-20-27(28(30)26-21-13-9-14-22-26)23-16-19-25-17-10-8-11-18-25/h8-11,13-14,17-18,21-23,28,30H,6-7,15,24H2,1-5H3/b27-23+. The summed E-state index contributed by atoms with van der Waals surface area (Å²) in [4.78, 5) is 0. The molecule has 0 fully saturated rings. The van der Waals surface area contributed by atoms with E-state index in [-0.39, 0.29) is 5.04 Å². The minimum atomic E-state index is -1.68. The maximum atomic E-state index is 10.8. The summed E-state index contributed by atoms with van der Waals surface area (Å²) >= 11 is 0. The maximum Gasteiger partial charge on any atom is 0.191 e. The highest BCUT2D eigenvalue weighted by Gasteiger charge is 2.36. The summed E-state index contributed by atoms with van der Waals surface area (Å²) < 4.78 is 6.23. The zero-order valence-corrected chi connectivity index (χ0v) is 21.1. The molecule has 0 spiro atoms. The van der Waals surface area contributed by atoms with Crippen LogP contribution >= 0.6 is 0 Å². The smallest absolute Gasteiger partial charge is 0.191 e. The fraction of sp³-hybridized carbons (Fsp3) is 0.379. The second kappa shape index (κ2) is 12.5. The number of aliphatic hydroxyl groups excluding tert-OH is 1. The van der Waals surface area contributed by atoms with Gasteiger partial charge in [0.1, 0.15) is 6.10 Å². The van der Waals surface area contributed by atoms with Crippen LogP contribution in [0.3, 0.4) is 0 Å². The third-order valence-electron chi connectivity index (χ3n) is 5.83. The predicted octanol–water partition coefficient (Wildman–Crippen LogP) is 6.89. The third-order valence-corrected chi connectivity index (χ3v) is 10.4. The van der Waals surface area contributed by atoms with Gasteiger partial charge in [-0.05, 0) is 48.7 Å². The molecule has 0 aliphatic heterocycles. The van der Waals surface area contributed by atoms with Gasteiger partial charge in [-0.2, -0.15) is 0 Å². The van der Waals surface area contributed by atoms with E-state index in [0.29, 0.717) is 5.57 Å². The first-order valence-corrected chi connectivity index (χ1v) is 14.2. The quantitative estimate of drug-likeness (QED) is 0.286. The summed E-state index contributed by atoms with van der Waals surface area (Å²) in [6.07, 6.45) is 3.70. The molecule has 0 saturated carbocycles. The van der Waals surface area contributed by atoms with Gasteiger partial charge in [-0.3, -0.25) is 0 Å². The van der Waals surface area contributed by atoms with Crippen molar-refractivity contribution in [3.05, 3.63) is 83.4 Å². The van der Waals surface area contributed by atoms with Crippen LogP contribution < -0.4 is 0 Å². The van der Waals surface area contributed by atoms with Crippen molar-refractivity contribution < 1.29 is 9.53 Å².